The fourth-order valence-corrected chi connectivity index (χ4v) is 2.51. The second-order valence-electron chi connectivity index (χ2n) is 5.83. The molecule has 1 saturated carbocycles. The van der Waals surface area contributed by atoms with Gasteiger partial charge in [-0.05, 0) is 63.0 Å². The number of hydrogen-bond acceptors (Lipinski definition) is 3. The number of nitrogens with zero attached hydrogens (tertiary/aromatic N) is 1. The van der Waals surface area contributed by atoms with Crippen molar-refractivity contribution < 1.29 is 4.79 Å². The van der Waals surface area contributed by atoms with E-state index in [0.717, 1.165) is 24.6 Å². The molecule has 1 fully saturated rings. The van der Waals surface area contributed by atoms with E-state index >= 15 is 0 Å². The van der Waals surface area contributed by atoms with Crippen molar-refractivity contribution >= 4 is 17.3 Å². The topological polar surface area (TPSA) is 58.4 Å². The lowest BCUT2D eigenvalue weighted by atomic mass is 9.85. The van der Waals surface area contributed by atoms with E-state index in [-0.39, 0.29) is 5.91 Å². The van der Waals surface area contributed by atoms with Crippen molar-refractivity contribution in [1.29, 1.82) is 0 Å². The molecule has 1 amide bonds. The lowest BCUT2D eigenvalue weighted by Gasteiger charge is -2.30. The quantitative estimate of drug-likeness (QED) is 0.752. The summed E-state index contributed by atoms with van der Waals surface area (Å²) < 4.78 is 0. The normalized spacial score (nSPS) is 15.1. The van der Waals surface area contributed by atoms with Crippen LogP contribution in [0.4, 0.5) is 11.4 Å². The van der Waals surface area contributed by atoms with Crippen LogP contribution in [0.3, 0.4) is 0 Å². The summed E-state index contributed by atoms with van der Waals surface area (Å²) in [5.74, 6) is 0.968. The van der Waals surface area contributed by atoms with E-state index in [0.29, 0.717) is 12.1 Å². The fraction of sp³-hybridized carbons (Fsp3) is 0.562. The zero-order valence-corrected chi connectivity index (χ0v) is 12.3. The molecule has 0 saturated heterocycles. The Labute approximate surface area is 121 Å². The van der Waals surface area contributed by atoms with Crippen LogP contribution in [0.5, 0.6) is 0 Å². The SMILES string of the molecule is CN(CCCC(=O)Nc1ccc(N)cc1)CC1CCC1. The highest BCUT2D eigenvalue weighted by atomic mass is 16.1. The van der Waals surface area contributed by atoms with Crippen LogP contribution in [-0.2, 0) is 4.79 Å². The number of nitrogens with one attached hydrogen (secondary N) is 1. The van der Waals surface area contributed by atoms with Crippen molar-refractivity contribution in [3.63, 3.8) is 0 Å². The number of anilines is 2. The van der Waals surface area contributed by atoms with Crippen LogP contribution in [0.15, 0.2) is 24.3 Å². The third-order valence-corrected chi connectivity index (χ3v) is 3.93. The van der Waals surface area contributed by atoms with Crippen LogP contribution < -0.4 is 11.1 Å². The molecule has 3 N–H and O–H groups in total. The first-order chi connectivity index (χ1) is 9.63. The van der Waals surface area contributed by atoms with Gasteiger partial charge in [-0.3, -0.25) is 4.79 Å². The van der Waals surface area contributed by atoms with Crippen molar-refractivity contribution in [2.75, 3.05) is 31.2 Å². The summed E-state index contributed by atoms with van der Waals surface area (Å²) in [6.07, 6.45) is 5.62. The van der Waals surface area contributed by atoms with Gasteiger partial charge in [0, 0.05) is 24.3 Å². The molecular formula is C16H25N3O. The van der Waals surface area contributed by atoms with Crippen molar-refractivity contribution in [2.24, 2.45) is 5.92 Å². The van der Waals surface area contributed by atoms with Crippen LogP contribution in [0.2, 0.25) is 0 Å². The van der Waals surface area contributed by atoms with Crippen molar-refractivity contribution in [3.05, 3.63) is 24.3 Å². The summed E-state index contributed by atoms with van der Waals surface area (Å²) in [5, 5.41) is 2.89. The van der Waals surface area contributed by atoms with Crippen LogP contribution in [0.25, 0.3) is 0 Å². The average Bonchev–Trinajstić information content (AvgIpc) is 2.37. The highest BCUT2D eigenvalue weighted by molar-refractivity contribution is 5.90. The minimum atomic E-state index is 0.0758. The Kier molecular flexibility index (Phi) is 5.41. The Bertz CT molecular complexity index is 426. The largest absolute Gasteiger partial charge is 0.399 e. The maximum Gasteiger partial charge on any atom is 0.224 e. The zero-order valence-electron chi connectivity index (χ0n) is 12.3. The summed E-state index contributed by atoms with van der Waals surface area (Å²) in [6.45, 7) is 2.17. The third-order valence-electron chi connectivity index (χ3n) is 3.93. The molecule has 4 nitrogen and oxygen atoms in total. The molecule has 4 heteroatoms. The van der Waals surface area contributed by atoms with Gasteiger partial charge in [-0.1, -0.05) is 6.42 Å². The fourth-order valence-electron chi connectivity index (χ4n) is 2.51. The second kappa shape index (κ2) is 7.29. The summed E-state index contributed by atoms with van der Waals surface area (Å²) in [7, 11) is 2.15. The molecule has 0 aliphatic heterocycles. The van der Waals surface area contributed by atoms with E-state index in [2.05, 4.69) is 17.3 Å². The molecule has 0 radical (unpaired) electrons. The van der Waals surface area contributed by atoms with E-state index in [1.165, 1.54) is 25.8 Å². The van der Waals surface area contributed by atoms with Gasteiger partial charge in [0.25, 0.3) is 0 Å². The van der Waals surface area contributed by atoms with Gasteiger partial charge in [0.15, 0.2) is 0 Å². The molecule has 2 rings (SSSR count). The molecule has 0 spiro atoms. The zero-order chi connectivity index (χ0) is 14.4. The van der Waals surface area contributed by atoms with Gasteiger partial charge in [0.2, 0.25) is 5.91 Å². The highest BCUT2D eigenvalue weighted by Crippen LogP contribution is 2.26. The van der Waals surface area contributed by atoms with Gasteiger partial charge in [0.05, 0.1) is 0 Å². The summed E-state index contributed by atoms with van der Waals surface area (Å²) in [4.78, 5) is 14.2. The van der Waals surface area contributed by atoms with Crippen molar-refractivity contribution in [2.45, 2.75) is 32.1 Å². The number of amides is 1. The number of hydrogen-bond donors (Lipinski definition) is 2. The monoisotopic (exact) mass is 275 g/mol. The van der Waals surface area contributed by atoms with Crippen molar-refractivity contribution in [3.8, 4) is 0 Å². The maximum absolute atomic E-state index is 11.8. The second-order valence-corrected chi connectivity index (χ2v) is 5.83. The van der Waals surface area contributed by atoms with Gasteiger partial charge < -0.3 is 16.0 Å². The van der Waals surface area contributed by atoms with Crippen molar-refractivity contribution in [1.82, 2.24) is 4.90 Å². The molecule has 0 unspecified atom stereocenters. The van der Waals surface area contributed by atoms with Gasteiger partial charge in [-0.25, -0.2) is 0 Å². The smallest absolute Gasteiger partial charge is 0.224 e. The number of carbonyl (C=O) groups excluding carboxylic acids is 1. The Balaban J connectivity index is 1.60. The van der Waals surface area contributed by atoms with E-state index < -0.39 is 0 Å². The summed E-state index contributed by atoms with van der Waals surface area (Å²) in [6, 6.07) is 7.25. The van der Waals surface area contributed by atoms with E-state index in [4.69, 9.17) is 5.73 Å². The Morgan fingerprint density at radius 2 is 2.05 bits per heavy atom. The molecule has 1 aromatic rings. The Morgan fingerprint density at radius 1 is 1.35 bits per heavy atom. The van der Waals surface area contributed by atoms with Gasteiger partial charge in [0.1, 0.15) is 0 Å². The maximum atomic E-state index is 11.8. The summed E-state index contributed by atoms with van der Waals surface area (Å²) in [5.41, 5.74) is 7.13. The number of carbonyl (C=O) groups is 1. The van der Waals surface area contributed by atoms with E-state index in [1.54, 1.807) is 12.1 Å². The molecule has 20 heavy (non-hydrogen) atoms. The first-order valence-corrected chi connectivity index (χ1v) is 7.47. The standard InChI is InChI=1S/C16H25N3O/c1-19(12-13-4-2-5-13)11-3-6-16(20)18-15-9-7-14(17)8-10-15/h7-10,13H,2-6,11-12,17H2,1H3,(H,18,20). The number of nitrogens with two attached hydrogens (primary N) is 1. The van der Waals surface area contributed by atoms with Gasteiger partial charge in [-0.15, -0.1) is 0 Å². The predicted molar refractivity (Wildman–Crippen MR) is 83.6 cm³/mol. The molecule has 1 aromatic carbocycles. The van der Waals surface area contributed by atoms with Crippen LogP contribution in [-0.4, -0.2) is 30.9 Å². The first kappa shape index (κ1) is 14.9. The van der Waals surface area contributed by atoms with Crippen LogP contribution in [0, 0.1) is 5.92 Å². The molecule has 0 atom stereocenters. The molecular weight excluding hydrogens is 250 g/mol. The molecule has 0 heterocycles. The summed E-state index contributed by atoms with van der Waals surface area (Å²) >= 11 is 0. The van der Waals surface area contributed by atoms with Gasteiger partial charge in [-0.2, -0.15) is 0 Å². The molecule has 0 bridgehead atoms. The van der Waals surface area contributed by atoms with Gasteiger partial charge >= 0.3 is 0 Å². The molecule has 110 valence electrons. The minimum Gasteiger partial charge on any atom is -0.399 e. The number of rotatable bonds is 7. The molecule has 1 aliphatic carbocycles. The lowest BCUT2D eigenvalue weighted by Crippen LogP contribution is -2.30. The first-order valence-electron chi connectivity index (χ1n) is 7.47. The Morgan fingerprint density at radius 3 is 2.65 bits per heavy atom. The average molecular weight is 275 g/mol. The Hall–Kier alpha value is -1.55. The number of benzene rings is 1. The van der Waals surface area contributed by atoms with Crippen LogP contribution in [0.1, 0.15) is 32.1 Å². The minimum absolute atomic E-state index is 0.0758. The van der Waals surface area contributed by atoms with Crippen LogP contribution >= 0.6 is 0 Å². The number of nitrogen functional groups attached to an aromatic ring is 1. The predicted octanol–water partition coefficient (Wildman–Crippen LogP) is 2.72. The third kappa shape index (κ3) is 4.85. The highest BCUT2D eigenvalue weighted by Gasteiger charge is 2.18. The van der Waals surface area contributed by atoms with E-state index in [9.17, 15) is 4.79 Å². The molecule has 1 aliphatic rings. The van der Waals surface area contributed by atoms with E-state index in [1.807, 2.05) is 12.1 Å². The molecule has 0 aromatic heterocycles. The lowest BCUT2D eigenvalue weighted by molar-refractivity contribution is -0.116.